The molecule has 0 bridgehead atoms. The van der Waals surface area contributed by atoms with Crippen molar-refractivity contribution in [1.29, 1.82) is 0 Å². The first-order chi connectivity index (χ1) is 8.08. The highest BCUT2D eigenvalue weighted by Gasteiger charge is 2.07. The van der Waals surface area contributed by atoms with Gasteiger partial charge in [-0.25, -0.2) is 0 Å². The summed E-state index contributed by atoms with van der Waals surface area (Å²) in [4.78, 5) is 14.1. The molecule has 5 heteroatoms. The van der Waals surface area contributed by atoms with E-state index in [9.17, 15) is 4.79 Å². The summed E-state index contributed by atoms with van der Waals surface area (Å²) < 4.78 is 2.82. The minimum absolute atomic E-state index is 0.0982. The molecule has 0 unspecified atom stereocenters. The topological polar surface area (TPSA) is 25.2 Å². The molecule has 1 aromatic heterocycles. The summed E-state index contributed by atoms with van der Waals surface area (Å²) in [5.74, 6) is 0. The molecule has 0 fully saturated rings. The second-order valence-corrected chi connectivity index (χ2v) is 5.72. The second kappa shape index (κ2) is 5.21. The minimum atomic E-state index is 0.0982. The Kier molecular flexibility index (Phi) is 3.86. The normalized spacial score (nSPS) is 11.5. The highest BCUT2D eigenvalue weighted by molar-refractivity contribution is 7.16. The molecule has 1 aromatic carbocycles. The summed E-state index contributed by atoms with van der Waals surface area (Å²) in [7, 11) is 4.07. The SMILES string of the molecule is CN(C)CCCn1c(=O)sc2ccc(Cl)cc21. The maximum atomic E-state index is 11.9. The fourth-order valence-electron chi connectivity index (χ4n) is 1.79. The van der Waals surface area contributed by atoms with E-state index in [1.165, 1.54) is 11.3 Å². The van der Waals surface area contributed by atoms with Gasteiger partial charge < -0.3 is 4.90 Å². The van der Waals surface area contributed by atoms with Crippen LogP contribution in [0.5, 0.6) is 0 Å². The number of aromatic nitrogens is 1. The summed E-state index contributed by atoms with van der Waals surface area (Å²) in [5, 5.41) is 0.677. The summed E-state index contributed by atoms with van der Waals surface area (Å²) in [6, 6.07) is 5.60. The monoisotopic (exact) mass is 270 g/mol. The van der Waals surface area contributed by atoms with Crippen molar-refractivity contribution in [2.24, 2.45) is 0 Å². The van der Waals surface area contributed by atoms with E-state index >= 15 is 0 Å². The minimum Gasteiger partial charge on any atom is -0.309 e. The molecule has 0 aliphatic rings. The Hall–Kier alpha value is -0.840. The standard InChI is InChI=1S/C12H15ClN2OS/c1-14(2)6-3-7-15-10-8-9(13)4-5-11(10)17-12(15)16/h4-5,8H,3,6-7H2,1-2H3. The molecule has 0 spiro atoms. The van der Waals surface area contributed by atoms with Crippen LogP contribution in [0, 0.1) is 0 Å². The maximum absolute atomic E-state index is 11.9. The molecule has 2 rings (SSSR count). The molecule has 0 aliphatic carbocycles. The van der Waals surface area contributed by atoms with Crippen LogP contribution in [0.4, 0.5) is 0 Å². The number of fused-ring (bicyclic) bond motifs is 1. The van der Waals surface area contributed by atoms with Crippen LogP contribution < -0.4 is 4.87 Å². The third-order valence-electron chi connectivity index (χ3n) is 2.62. The van der Waals surface area contributed by atoms with Crippen LogP contribution in [0.25, 0.3) is 10.2 Å². The molecular formula is C12H15ClN2OS. The fourth-order valence-corrected chi connectivity index (χ4v) is 2.86. The van der Waals surface area contributed by atoms with E-state index in [1.54, 1.807) is 0 Å². The predicted molar refractivity (Wildman–Crippen MR) is 74.3 cm³/mol. The van der Waals surface area contributed by atoms with Crippen LogP contribution in [0.15, 0.2) is 23.0 Å². The highest BCUT2D eigenvalue weighted by atomic mass is 35.5. The number of rotatable bonds is 4. The second-order valence-electron chi connectivity index (χ2n) is 4.29. The van der Waals surface area contributed by atoms with Crippen LogP contribution in [0.2, 0.25) is 5.02 Å². The predicted octanol–water partition coefficient (Wildman–Crippen LogP) is 2.67. The van der Waals surface area contributed by atoms with E-state index < -0.39 is 0 Å². The van der Waals surface area contributed by atoms with Gasteiger partial charge in [0.25, 0.3) is 0 Å². The quantitative estimate of drug-likeness (QED) is 0.853. The van der Waals surface area contributed by atoms with E-state index in [-0.39, 0.29) is 4.87 Å². The Labute approximate surface area is 109 Å². The molecule has 3 nitrogen and oxygen atoms in total. The average Bonchev–Trinajstić information content (AvgIpc) is 2.55. The summed E-state index contributed by atoms with van der Waals surface area (Å²) in [6.07, 6.45) is 0.964. The number of aryl methyl sites for hydroxylation is 1. The zero-order valence-corrected chi connectivity index (χ0v) is 11.5. The fraction of sp³-hybridized carbons (Fsp3) is 0.417. The first-order valence-corrected chi connectivity index (χ1v) is 6.71. The van der Waals surface area contributed by atoms with Gasteiger partial charge in [-0.15, -0.1) is 0 Å². The Morgan fingerprint density at radius 2 is 2.18 bits per heavy atom. The van der Waals surface area contributed by atoms with Crippen molar-refractivity contribution in [3.8, 4) is 0 Å². The van der Waals surface area contributed by atoms with Crippen molar-refractivity contribution < 1.29 is 0 Å². The molecule has 0 saturated carbocycles. The van der Waals surface area contributed by atoms with Gasteiger partial charge in [-0.1, -0.05) is 22.9 Å². The van der Waals surface area contributed by atoms with Crippen molar-refractivity contribution in [3.63, 3.8) is 0 Å². The largest absolute Gasteiger partial charge is 0.309 e. The van der Waals surface area contributed by atoms with Gasteiger partial charge in [-0.3, -0.25) is 9.36 Å². The Morgan fingerprint density at radius 3 is 2.88 bits per heavy atom. The first kappa shape index (κ1) is 12.6. The van der Waals surface area contributed by atoms with Gasteiger partial charge in [-0.05, 0) is 45.3 Å². The van der Waals surface area contributed by atoms with E-state index in [0.29, 0.717) is 5.02 Å². The van der Waals surface area contributed by atoms with Gasteiger partial charge in [-0.2, -0.15) is 0 Å². The van der Waals surface area contributed by atoms with E-state index in [2.05, 4.69) is 4.90 Å². The van der Waals surface area contributed by atoms with E-state index in [0.717, 1.165) is 29.7 Å². The van der Waals surface area contributed by atoms with Crippen LogP contribution >= 0.6 is 22.9 Å². The van der Waals surface area contributed by atoms with Crippen LogP contribution in [-0.2, 0) is 6.54 Å². The zero-order valence-electron chi connectivity index (χ0n) is 9.94. The van der Waals surface area contributed by atoms with Crippen LogP contribution in [0.1, 0.15) is 6.42 Å². The summed E-state index contributed by atoms with van der Waals surface area (Å²) in [5.41, 5.74) is 0.950. The lowest BCUT2D eigenvalue weighted by molar-refractivity contribution is 0.387. The van der Waals surface area contributed by atoms with Gasteiger partial charge in [0.1, 0.15) is 0 Å². The Bertz CT molecular complexity index is 573. The number of hydrogen-bond donors (Lipinski definition) is 0. The Balaban J connectivity index is 2.29. The highest BCUT2D eigenvalue weighted by Crippen LogP contribution is 2.21. The average molecular weight is 271 g/mol. The lowest BCUT2D eigenvalue weighted by Gasteiger charge is -2.09. The summed E-state index contributed by atoms with van der Waals surface area (Å²) in [6.45, 7) is 1.72. The number of benzene rings is 1. The molecule has 0 radical (unpaired) electrons. The van der Waals surface area contributed by atoms with Gasteiger partial charge in [0, 0.05) is 11.6 Å². The smallest absolute Gasteiger partial charge is 0.308 e. The summed E-state index contributed by atoms with van der Waals surface area (Å²) >= 11 is 7.25. The van der Waals surface area contributed by atoms with Gasteiger partial charge in [0.2, 0.25) is 0 Å². The van der Waals surface area contributed by atoms with Crippen LogP contribution in [-0.4, -0.2) is 30.1 Å². The molecule has 1 heterocycles. The maximum Gasteiger partial charge on any atom is 0.308 e. The lowest BCUT2D eigenvalue weighted by atomic mass is 10.3. The molecule has 17 heavy (non-hydrogen) atoms. The molecule has 2 aromatic rings. The molecule has 0 amide bonds. The molecule has 0 saturated heterocycles. The van der Waals surface area contributed by atoms with E-state index in [4.69, 9.17) is 11.6 Å². The molecule has 0 atom stereocenters. The molecular weight excluding hydrogens is 256 g/mol. The van der Waals surface area contributed by atoms with Crippen molar-refractivity contribution in [2.45, 2.75) is 13.0 Å². The van der Waals surface area contributed by atoms with Gasteiger partial charge >= 0.3 is 4.87 Å². The van der Waals surface area contributed by atoms with Crippen molar-refractivity contribution in [1.82, 2.24) is 9.47 Å². The van der Waals surface area contributed by atoms with Crippen molar-refractivity contribution >= 4 is 33.2 Å². The van der Waals surface area contributed by atoms with Gasteiger partial charge in [0.05, 0.1) is 10.2 Å². The lowest BCUT2D eigenvalue weighted by Crippen LogP contribution is -2.18. The molecule has 92 valence electrons. The Morgan fingerprint density at radius 1 is 1.41 bits per heavy atom. The van der Waals surface area contributed by atoms with Crippen LogP contribution in [0.3, 0.4) is 0 Å². The third kappa shape index (κ3) is 2.89. The van der Waals surface area contributed by atoms with E-state index in [1.807, 2.05) is 36.9 Å². The van der Waals surface area contributed by atoms with Gasteiger partial charge in [0.15, 0.2) is 0 Å². The number of hydrogen-bond acceptors (Lipinski definition) is 3. The van der Waals surface area contributed by atoms with Crippen molar-refractivity contribution in [2.75, 3.05) is 20.6 Å². The third-order valence-corrected chi connectivity index (χ3v) is 3.81. The number of thiazole rings is 1. The molecule has 0 aliphatic heterocycles. The zero-order chi connectivity index (χ0) is 12.4. The number of nitrogens with zero attached hydrogens (tertiary/aromatic N) is 2. The number of halogens is 1. The molecule has 0 N–H and O–H groups in total. The first-order valence-electron chi connectivity index (χ1n) is 5.51. The van der Waals surface area contributed by atoms with Crippen molar-refractivity contribution in [3.05, 3.63) is 32.9 Å².